The summed E-state index contributed by atoms with van der Waals surface area (Å²) in [5.74, 6) is 1.36. The van der Waals surface area contributed by atoms with Gasteiger partial charge in [-0.3, -0.25) is 9.78 Å². The molecule has 0 radical (unpaired) electrons. The van der Waals surface area contributed by atoms with E-state index in [0.29, 0.717) is 29.3 Å². The summed E-state index contributed by atoms with van der Waals surface area (Å²) >= 11 is 6.85. The molecule has 0 aliphatic rings. The lowest BCUT2D eigenvalue weighted by atomic mass is 9.96. The topological polar surface area (TPSA) is 77.2 Å². The van der Waals surface area contributed by atoms with Crippen LogP contribution in [-0.2, 0) is 6.61 Å². The highest BCUT2D eigenvalue weighted by Crippen LogP contribution is 2.26. The molecule has 0 aliphatic carbocycles. The number of benzene rings is 2. The van der Waals surface area contributed by atoms with Gasteiger partial charge in [-0.2, -0.15) is 11.8 Å². The highest BCUT2D eigenvalue weighted by Gasteiger charge is 2.19. The van der Waals surface area contributed by atoms with Crippen molar-refractivity contribution in [2.24, 2.45) is 5.73 Å². The van der Waals surface area contributed by atoms with E-state index in [1.807, 2.05) is 66.9 Å². The normalized spacial score (nSPS) is 11.5. The second kappa shape index (κ2) is 11.5. The molecule has 0 saturated carbocycles. The van der Waals surface area contributed by atoms with Crippen LogP contribution in [0, 0.1) is 0 Å². The predicted octanol–water partition coefficient (Wildman–Crippen LogP) is 4.47. The number of amides is 1. The van der Waals surface area contributed by atoms with E-state index in [2.05, 4.69) is 10.3 Å². The number of rotatable bonds is 10. The van der Waals surface area contributed by atoms with E-state index in [4.69, 9.17) is 22.7 Å². The molecule has 31 heavy (non-hydrogen) atoms. The second-order valence-electron chi connectivity index (χ2n) is 6.93. The van der Waals surface area contributed by atoms with Crippen molar-refractivity contribution in [3.05, 3.63) is 84.2 Å². The summed E-state index contributed by atoms with van der Waals surface area (Å²) in [5, 5.41) is 3.00. The number of aromatic nitrogens is 1. The van der Waals surface area contributed by atoms with Crippen LogP contribution >= 0.6 is 24.0 Å². The molecular weight excluding hydrogens is 426 g/mol. The number of hydrogen-bond acceptors (Lipinski definition) is 5. The molecule has 0 aliphatic heterocycles. The zero-order valence-electron chi connectivity index (χ0n) is 17.3. The first-order valence-corrected chi connectivity index (χ1v) is 11.7. The Morgan fingerprint density at radius 2 is 2.00 bits per heavy atom. The van der Waals surface area contributed by atoms with E-state index in [-0.39, 0.29) is 11.9 Å². The third kappa shape index (κ3) is 6.54. The Hall–Kier alpha value is -2.90. The monoisotopic (exact) mass is 451 g/mol. The van der Waals surface area contributed by atoms with E-state index >= 15 is 0 Å². The van der Waals surface area contributed by atoms with Gasteiger partial charge in [0.05, 0.1) is 17.2 Å². The molecule has 1 amide bonds. The van der Waals surface area contributed by atoms with Gasteiger partial charge in [-0.1, -0.05) is 48.6 Å². The minimum absolute atomic E-state index is 0.197. The second-order valence-corrected chi connectivity index (χ2v) is 8.39. The average Bonchev–Trinajstić information content (AvgIpc) is 2.81. The number of thioether (sulfide) groups is 1. The lowest BCUT2D eigenvalue weighted by Crippen LogP contribution is -2.44. The third-order valence-corrected chi connectivity index (χ3v) is 5.64. The van der Waals surface area contributed by atoms with Crippen molar-refractivity contribution < 1.29 is 9.53 Å². The summed E-state index contributed by atoms with van der Waals surface area (Å²) in [7, 11) is 0. The van der Waals surface area contributed by atoms with E-state index < -0.39 is 0 Å². The third-order valence-electron chi connectivity index (χ3n) is 4.71. The number of nitrogens with one attached hydrogen (secondary N) is 1. The average molecular weight is 452 g/mol. The van der Waals surface area contributed by atoms with Crippen LogP contribution in [0.25, 0.3) is 11.1 Å². The molecular formula is C24H25N3O2S2. The van der Waals surface area contributed by atoms with E-state index in [0.717, 1.165) is 22.4 Å². The molecule has 0 saturated heterocycles. The number of ether oxygens (including phenoxy) is 1. The number of carbonyl (C=O) groups is 1. The standard InChI is InChI=1S/C24H25N3O2S2/c1-31-13-11-22(23(25)30)27-24(28)20-10-9-17(16-29-19-8-5-12-26-15-19)14-21(20)18-6-3-2-4-7-18/h2-10,12,14-15,22H,11,13,16H2,1H3,(H2,25,30)(H,27,28)/t22-/m0/s1. The minimum Gasteiger partial charge on any atom is -0.487 e. The number of nitrogens with two attached hydrogens (primary N) is 1. The van der Waals surface area contributed by atoms with Crippen molar-refractivity contribution >= 4 is 34.9 Å². The zero-order chi connectivity index (χ0) is 22.1. The predicted molar refractivity (Wildman–Crippen MR) is 131 cm³/mol. The van der Waals surface area contributed by atoms with Crippen LogP contribution in [-0.4, -0.2) is 33.9 Å². The smallest absolute Gasteiger partial charge is 0.252 e. The summed E-state index contributed by atoms with van der Waals surface area (Å²) in [6.45, 7) is 0.372. The molecule has 5 nitrogen and oxygen atoms in total. The SMILES string of the molecule is CSCC[C@H](NC(=O)c1ccc(COc2cccnc2)cc1-c1ccccc1)C(N)=S. The van der Waals surface area contributed by atoms with Crippen molar-refractivity contribution in [2.75, 3.05) is 12.0 Å². The Balaban J connectivity index is 1.86. The first kappa shape index (κ1) is 22.8. The maximum Gasteiger partial charge on any atom is 0.252 e. The van der Waals surface area contributed by atoms with Crippen LogP contribution in [0.1, 0.15) is 22.3 Å². The van der Waals surface area contributed by atoms with Gasteiger partial charge in [0, 0.05) is 11.8 Å². The molecule has 0 bridgehead atoms. The van der Waals surface area contributed by atoms with Gasteiger partial charge in [0.15, 0.2) is 0 Å². The zero-order valence-corrected chi connectivity index (χ0v) is 18.9. The Kier molecular flexibility index (Phi) is 8.44. The van der Waals surface area contributed by atoms with E-state index in [9.17, 15) is 4.79 Å². The van der Waals surface area contributed by atoms with Crippen molar-refractivity contribution in [1.82, 2.24) is 10.3 Å². The number of nitrogens with zero attached hydrogens (tertiary/aromatic N) is 1. The number of hydrogen-bond donors (Lipinski definition) is 2. The molecule has 0 fully saturated rings. The Morgan fingerprint density at radius 1 is 1.19 bits per heavy atom. The molecule has 1 heterocycles. The van der Waals surface area contributed by atoms with Gasteiger partial charge in [0.1, 0.15) is 12.4 Å². The van der Waals surface area contributed by atoms with E-state index in [1.54, 1.807) is 24.2 Å². The molecule has 0 spiro atoms. The summed E-state index contributed by atoms with van der Waals surface area (Å²) in [4.78, 5) is 17.5. The van der Waals surface area contributed by atoms with Gasteiger partial charge in [0.25, 0.3) is 5.91 Å². The number of thiocarbonyl (C=S) groups is 1. The summed E-state index contributed by atoms with van der Waals surface area (Å²) < 4.78 is 5.82. The molecule has 7 heteroatoms. The summed E-state index contributed by atoms with van der Waals surface area (Å²) in [6, 6.07) is 18.9. The Morgan fingerprint density at radius 3 is 2.68 bits per heavy atom. The van der Waals surface area contributed by atoms with Gasteiger partial charge in [-0.15, -0.1) is 0 Å². The quantitative estimate of drug-likeness (QED) is 0.443. The van der Waals surface area contributed by atoms with Crippen LogP contribution in [0.2, 0.25) is 0 Å². The van der Waals surface area contributed by atoms with Crippen LogP contribution in [0.4, 0.5) is 0 Å². The van der Waals surface area contributed by atoms with Gasteiger partial charge < -0.3 is 15.8 Å². The highest BCUT2D eigenvalue weighted by atomic mass is 32.2. The molecule has 3 N–H and O–H groups in total. The Bertz CT molecular complexity index is 1010. The fraction of sp³-hybridized carbons (Fsp3) is 0.208. The lowest BCUT2D eigenvalue weighted by molar-refractivity contribution is 0.0947. The van der Waals surface area contributed by atoms with Crippen molar-refractivity contribution in [2.45, 2.75) is 19.1 Å². The Labute approximate surface area is 192 Å². The molecule has 160 valence electrons. The number of pyridine rings is 1. The maximum absolute atomic E-state index is 13.1. The van der Waals surface area contributed by atoms with Crippen molar-refractivity contribution in [3.8, 4) is 16.9 Å². The van der Waals surface area contributed by atoms with Crippen molar-refractivity contribution in [3.63, 3.8) is 0 Å². The van der Waals surface area contributed by atoms with Crippen LogP contribution < -0.4 is 15.8 Å². The largest absolute Gasteiger partial charge is 0.487 e. The molecule has 2 aromatic carbocycles. The van der Waals surface area contributed by atoms with Crippen molar-refractivity contribution in [1.29, 1.82) is 0 Å². The number of carbonyl (C=O) groups excluding carboxylic acids is 1. The van der Waals surface area contributed by atoms with Gasteiger partial charge in [-0.25, -0.2) is 0 Å². The molecule has 3 aromatic rings. The first-order chi connectivity index (χ1) is 15.1. The highest BCUT2D eigenvalue weighted by molar-refractivity contribution is 7.98. The fourth-order valence-corrected chi connectivity index (χ4v) is 3.74. The fourth-order valence-electron chi connectivity index (χ4n) is 3.09. The maximum atomic E-state index is 13.1. The molecule has 1 atom stereocenters. The van der Waals surface area contributed by atoms with Crippen LogP contribution in [0.15, 0.2) is 73.1 Å². The molecule has 1 aromatic heterocycles. The lowest BCUT2D eigenvalue weighted by Gasteiger charge is -2.19. The van der Waals surface area contributed by atoms with Gasteiger partial charge in [0.2, 0.25) is 0 Å². The molecule has 0 unspecified atom stereocenters. The van der Waals surface area contributed by atoms with Gasteiger partial charge in [-0.05, 0) is 59.4 Å². The molecule has 3 rings (SSSR count). The minimum atomic E-state index is -0.341. The van der Waals surface area contributed by atoms with Crippen LogP contribution in [0.3, 0.4) is 0 Å². The summed E-state index contributed by atoms with van der Waals surface area (Å²) in [6.07, 6.45) is 6.08. The van der Waals surface area contributed by atoms with Gasteiger partial charge >= 0.3 is 0 Å². The first-order valence-electron chi connectivity index (χ1n) is 9.88. The van der Waals surface area contributed by atoms with E-state index in [1.165, 1.54) is 0 Å². The van der Waals surface area contributed by atoms with Crippen LogP contribution in [0.5, 0.6) is 5.75 Å². The summed E-state index contributed by atoms with van der Waals surface area (Å²) in [5.41, 5.74) is 9.16.